The lowest BCUT2D eigenvalue weighted by molar-refractivity contribution is -0.119. The zero-order chi connectivity index (χ0) is 21.5. The number of carbonyl (C=O) groups is 1. The Kier molecular flexibility index (Phi) is 7.75. The molecule has 2 aromatic rings. The number of ether oxygens (including phenoxy) is 1. The molecule has 164 valence electrons. The summed E-state index contributed by atoms with van der Waals surface area (Å²) in [7, 11) is 1.70. The average Bonchev–Trinajstić information content (AvgIpc) is 3.13. The van der Waals surface area contributed by atoms with Crippen LogP contribution in [0.2, 0.25) is 0 Å². The van der Waals surface area contributed by atoms with Crippen LogP contribution in [-0.2, 0) is 22.6 Å². The lowest BCUT2D eigenvalue weighted by Gasteiger charge is -2.43. The van der Waals surface area contributed by atoms with Crippen molar-refractivity contribution in [2.45, 2.75) is 58.3 Å². The van der Waals surface area contributed by atoms with E-state index in [0.717, 1.165) is 25.1 Å². The lowest BCUT2D eigenvalue weighted by Crippen LogP contribution is -2.54. The number of tetrazole rings is 1. The normalized spacial score (nSPS) is 19.7. The van der Waals surface area contributed by atoms with Crippen LogP contribution in [0, 0.1) is 0 Å². The van der Waals surface area contributed by atoms with Gasteiger partial charge < -0.3 is 9.64 Å². The van der Waals surface area contributed by atoms with Crippen molar-refractivity contribution in [3.63, 3.8) is 0 Å². The minimum absolute atomic E-state index is 0.125. The molecule has 2 atom stereocenters. The largest absolute Gasteiger partial charge is 0.383 e. The minimum atomic E-state index is -0.181. The number of methoxy groups -OCH3 is 1. The molecule has 1 amide bonds. The van der Waals surface area contributed by atoms with Crippen molar-refractivity contribution in [1.82, 2.24) is 24.7 Å². The number of anilines is 1. The Bertz CT molecular complexity index is 865. The number of hydrogen-bond donors (Lipinski definition) is 0. The summed E-state index contributed by atoms with van der Waals surface area (Å²) in [6.45, 7) is 6.87. The Hall–Kier alpha value is -2.52. The van der Waals surface area contributed by atoms with Crippen LogP contribution in [0.1, 0.15) is 33.1 Å². The van der Waals surface area contributed by atoms with Crippen molar-refractivity contribution >= 4 is 11.6 Å². The molecule has 9 nitrogen and oxygen atoms in total. The number of aryl methyl sites for hydroxylation is 1. The lowest BCUT2D eigenvalue weighted by atomic mass is 9.95. The number of aromatic nitrogens is 4. The summed E-state index contributed by atoms with van der Waals surface area (Å²) in [5.74, 6) is 0.138. The van der Waals surface area contributed by atoms with Crippen LogP contribution in [0.4, 0.5) is 5.69 Å². The van der Waals surface area contributed by atoms with Crippen molar-refractivity contribution in [3.05, 3.63) is 40.8 Å². The number of nitrogens with zero attached hydrogens (tertiary/aromatic N) is 6. The molecule has 0 radical (unpaired) electrons. The number of benzene rings is 1. The van der Waals surface area contributed by atoms with Crippen LogP contribution in [0.15, 0.2) is 35.1 Å². The first-order valence-electron chi connectivity index (χ1n) is 10.7. The monoisotopic (exact) mass is 416 g/mol. The van der Waals surface area contributed by atoms with E-state index in [1.54, 1.807) is 7.11 Å². The van der Waals surface area contributed by atoms with Gasteiger partial charge in [-0.15, -0.1) is 0 Å². The Balaban J connectivity index is 1.71. The van der Waals surface area contributed by atoms with Crippen LogP contribution in [0.5, 0.6) is 0 Å². The smallest absolute Gasteiger partial charge is 0.363 e. The van der Waals surface area contributed by atoms with E-state index >= 15 is 0 Å². The van der Waals surface area contributed by atoms with Gasteiger partial charge in [-0.25, -0.2) is 4.79 Å². The van der Waals surface area contributed by atoms with Gasteiger partial charge in [-0.1, -0.05) is 25.1 Å². The predicted octanol–water partition coefficient (Wildman–Crippen LogP) is 1.38. The van der Waals surface area contributed by atoms with Crippen LogP contribution in [0.25, 0.3) is 0 Å². The first-order chi connectivity index (χ1) is 14.6. The van der Waals surface area contributed by atoms with Gasteiger partial charge in [0.25, 0.3) is 0 Å². The zero-order valence-corrected chi connectivity index (χ0v) is 18.1. The predicted molar refractivity (Wildman–Crippen MR) is 114 cm³/mol. The molecule has 0 saturated carbocycles. The van der Waals surface area contributed by atoms with Crippen LogP contribution >= 0.6 is 0 Å². The van der Waals surface area contributed by atoms with Gasteiger partial charge in [-0.3, -0.25) is 9.69 Å². The molecule has 9 heteroatoms. The maximum Gasteiger partial charge on any atom is 0.363 e. The maximum atomic E-state index is 12.8. The molecule has 1 aliphatic heterocycles. The number of carbonyl (C=O) groups excluding carboxylic acids is 1. The summed E-state index contributed by atoms with van der Waals surface area (Å²) in [6.07, 6.45) is 2.17. The van der Waals surface area contributed by atoms with Crippen molar-refractivity contribution < 1.29 is 9.53 Å². The van der Waals surface area contributed by atoms with Gasteiger partial charge in [-0.05, 0) is 42.3 Å². The highest BCUT2D eigenvalue weighted by atomic mass is 16.5. The third-order valence-corrected chi connectivity index (χ3v) is 5.74. The van der Waals surface area contributed by atoms with Crippen molar-refractivity contribution in [2.75, 3.05) is 31.7 Å². The van der Waals surface area contributed by atoms with E-state index in [-0.39, 0.29) is 23.7 Å². The molecule has 0 aliphatic carbocycles. The molecule has 3 rings (SSSR count). The molecule has 1 fully saturated rings. The SMILES string of the molecule is CCC(=O)N(c1ccccc1)C1CCN(CCn2nnn(CC)c2=O)C(COC)C1. The molecule has 30 heavy (non-hydrogen) atoms. The first-order valence-corrected chi connectivity index (χ1v) is 10.7. The molecule has 1 aromatic carbocycles. The Labute approximate surface area is 177 Å². The Morgan fingerprint density at radius 1 is 1.17 bits per heavy atom. The van der Waals surface area contributed by atoms with Crippen molar-refractivity contribution in [3.8, 4) is 0 Å². The summed E-state index contributed by atoms with van der Waals surface area (Å²) in [5.41, 5.74) is 0.765. The first kappa shape index (κ1) is 22.2. The Morgan fingerprint density at radius 2 is 1.90 bits per heavy atom. The second-order valence-electron chi connectivity index (χ2n) is 7.58. The highest BCUT2D eigenvalue weighted by Gasteiger charge is 2.34. The van der Waals surface area contributed by atoms with Crippen LogP contribution in [-0.4, -0.2) is 69.5 Å². The second-order valence-corrected chi connectivity index (χ2v) is 7.58. The van der Waals surface area contributed by atoms with E-state index in [9.17, 15) is 9.59 Å². The van der Waals surface area contributed by atoms with Gasteiger partial charge in [0.15, 0.2) is 0 Å². The summed E-state index contributed by atoms with van der Waals surface area (Å²) in [5, 5.41) is 7.85. The van der Waals surface area contributed by atoms with E-state index in [4.69, 9.17) is 4.74 Å². The molecule has 1 saturated heterocycles. The fourth-order valence-electron chi connectivity index (χ4n) is 4.16. The summed E-state index contributed by atoms with van der Waals surface area (Å²) < 4.78 is 8.25. The van der Waals surface area contributed by atoms with E-state index in [1.807, 2.05) is 49.1 Å². The van der Waals surface area contributed by atoms with E-state index in [1.165, 1.54) is 9.36 Å². The fraction of sp³-hybridized carbons (Fsp3) is 0.619. The van der Waals surface area contributed by atoms with Gasteiger partial charge in [0, 0.05) is 50.9 Å². The molecule has 1 aliphatic rings. The third kappa shape index (κ3) is 4.96. The maximum absolute atomic E-state index is 12.8. The molecule has 0 bridgehead atoms. The average molecular weight is 417 g/mol. The minimum Gasteiger partial charge on any atom is -0.383 e. The zero-order valence-electron chi connectivity index (χ0n) is 18.1. The van der Waals surface area contributed by atoms with Gasteiger partial charge in [0.2, 0.25) is 5.91 Å². The molecular weight excluding hydrogens is 384 g/mol. The van der Waals surface area contributed by atoms with Gasteiger partial charge >= 0.3 is 5.69 Å². The molecule has 2 unspecified atom stereocenters. The van der Waals surface area contributed by atoms with Gasteiger partial charge in [-0.2, -0.15) is 9.36 Å². The van der Waals surface area contributed by atoms with Crippen molar-refractivity contribution in [1.29, 1.82) is 0 Å². The molecule has 0 N–H and O–H groups in total. The van der Waals surface area contributed by atoms with Crippen LogP contribution in [0.3, 0.4) is 0 Å². The number of amides is 1. The van der Waals surface area contributed by atoms with Crippen LogP contribution < -0.4 is 10.6 Å². The number of rotatable bonds is 9. The number of likely N-dealkylation sites (tertiary alicyclic amines) is 1. The van der Waals surface area contributed by atoms with E-state index in [2.05, 4.69) is 15.3 Å². The summed E-state index contributed by atoms with van der Waals surface area (Å²) in [6, 6.07) is 10.2. The number of para-hydroxylation sites is 1. The summed E-state index contributed by atoms with van der Waals surface area (Å²) >= 11 is 0. The van der Waals surface area contributed by atoms with Gasteiger partial charge in [0.05, 0.1) is 13.2 Å². The molecular formula is C21H32N6O3. The number of hydrogen-bond acceptors (Lipinski definition) is 6. The van der Waals surface area contributed by atoms with Gasteiger partial charge in [0.1, 0.15) is 0 Å². The van der Waals surface area contributed by atoms with E-state index in [0.29, 0.717) is 32.7 Å². The quantitative estimate of drug-likeness (QED) is 0.614. The fourth-order valence-corrected chi connectivity index (χ4v) is 4.16. The highest BCUT2D eigenvalue weighted by molar-refractivity contribution is 5.93. The van der Waals surface area contributed by atoms with Crippen molar-refractivity contribution in [2.24, 2.45) is 0 Å². The topological polar surface area (TPSA) is 85.5 Å². The van der Waals surface area contributed by atoms with E-state index < -0.39 is 0 Å². The highest BCUT2D eigenvalue weighted by Crippen LogP contribution is 2.27. The molecule has 2 heterocycles. The third-order valence-electron chi connectivity index (χ3n) is 5.74. The Morgan fingerprint density at radius 3 is 2.53 bits per heavy atom. The second kappa shape index (κ2) is 10.5. The summed E-state index contributed by atoms with van der Waals surface area (Å²) in [4.78, 5) is 29.2. The number of piperidine rings is 1. The molecule has 0 spiro atoms. The standard InChI is InChI=1S/C21H32N6O3/c1-4-20(28)27(17-9-7-6-8-10-17)18-11-12-24(19(15-18)16-30-3)13-14-26-21(29)25(5-2)22-23-26/h6-10,18-19H,4-5,11-16H2,1-3H3. The molecule has 1 aromatic heterocycles.